The summed E-state index contributed by atoms with van der Waals surface area (Å²) in [7, 11) is 0. The number of carbonyl (C=O) groups is 4. The first kappa shape index (κ1) is 37.4. The molecule has 2 saturated heterocycles. The van der Waals surface area contributed by atoms with E-state index in [2.05, 4.69) is 26.6 Å². The van der Waals surface area contributed by atoms with Gasteiger partial charge in [0.05, 0.1) is 13.0 Å². The van der Waals surface area contributed by atoms with Crippen LogP contribution in [0, 0.1) is 17.8 Å². The molecule has 3 aliphatic heterocycles. The van der Waals surface area contributed by atoms with Crippen molar-refractivity contribution in [3.05, 3.63) is 23.8 Å². The lowest BCUT2D eigenvalue weighted by atomic mass is 9.84. The van der Waals surface area contributed by atoms with E-state index in [4.69, 9.17) is 9.47 Å². The number of nitrogens with one attached hydrogen (secondary N) is 5. The van der Waals surface area contributed by atoms with Crippen molar-refractivity contribution >= 4 is 48.5 Å². The van der Waals surface area contributed by atoms with Gasteiger partial charge >= 0.3 is 5.97 Å². The van der Waals surface area contributed by atoms with E-state index >= 15 is 0 Å². The molecule has 0 saturated carbocycles. The van der Waals surface area contributed by atoms with Gasteiger partial charge in [0.25, 0.3) is 0 Å². The highest BCUT2D eigenvalue weighted by atomic mass is 35.5. The number of hydrogen-bond donors (Lipinski definition) is 6. The first-order valence-corrected chi connectivity index (χ1v) is 15.2. The molecule has 0 aromatic heterocycles. The number of piperidine rings is 2. The van der Waals surface area contributed by atoms with Crippen molar-refractivity contribution < 1.29 is 33.8 Å². The molecule has 1 aromatic rings. The Balaban J connectivity index is 0.00000337. The van der Waals surface area contributed by atoms with Gasteiger partial charge in [0.15, 0.2) is 11.5 Å². The quantitative estimate of drug-likeness (QED) is 0.165. The van der Waals surface area contributed by atoms with Crippen molar-refractivity contribution in [1.82, 2.24) is 26.6 Å². The molecule has 1 atom stereocenters. The summed E-state index contributed by atoms with van der Waals surface area (Å²) in [6, 6.07) is 3.95. The van der Waals surface area contributed by atoms with Crippen molar-refractivity contribution in [2.24, 2.45) is 17.8 Å². The van der Waals surface area contributed by atoms with Crippen LogP contribution in [0.25, 0.3) is 0 Å². The Morgan fingerprint density at radius 1 is 0.841 bits per heavy atom. The summed E-state index contributed by atoms with van der Waals surface area (Å²) in [5, 5.41) is 24.0. The number of benzene rings is 1. The van der Waals surface area contributed by atoms with Gasteiger partial charge in [-0.25, -0.2) is 0 Å². The van der Waals surface area contributed by atoms with Gasteiger partial charge in [0.1, 0.15) is 6.04 Å². The molecule has 0 radical (unpaired) electrons. The van der Waals surface area contributed by atoms with Gasteiger partial charge in [0, 0.05) is 12.5 Å². The third-order valence-electron chi connectivity index (χ3n) is 8.49. The first-order valence-electron chi connectivity index (χ1n) is 15.2. The second-order valence-corrected chi connectivity index (χ2v) is 11.6. The number of fused-ring (bicyclic) bond motifs is 1. The van der Waals surface area contributed by atoms with Crippen LogP contribution in [0.1, 0.15) is 63.4 Å². The second kappa shape index (κ2) is 19.6. The molecule has 6 N–H and O–H groups in total. The SMILES string of the molecule is Cl.Cl.O=C(O)C[C@H](NC(=O)CNC(=O)C(CCC1CCNCC1)CCC1CCNCC1)C(=O)NCc1ccc2c(c1)OCO2. The van der Waals surface area contributed by atoms with Gasteiger partial charge in [-0.3, -0.25) is 19.2 Å². The Kier molecular flexibility index (Phi) is 16.6. The lowest BCUT2D eigenvalue weighted by molar-refractivity contribution is -0.140. The molecule has 1 aromatic carbocycles. The summed E-state index contributed by atoms with van der Waals surface area (Å²) in [5.41, 5.74) is 0.736. The van der Waals surface area contributed by atoms with Crippen LogP contribution in [-0.2, 0) is 25.7 Å². The average Bonchev–Trinajstić information content (AvgIpc) is 3.47. The van der Waals surface area contributed by atoms with Crippen LogP contribution in [0.3, 0.4) is 0 Å². The van der Waals surface area contributed by atoms with Crippen LogP contribution in [0.15, 0.2) is 18.2 Å². The van der Waals surface area contributed by atoms with Crippen LogP contribution < -0.4 is 36.1 Å². The second-order valence-electron chi connectivity index (χ2n) is 11.6. The van der Waals surface area contributed by atoms with Crippen LogP contribution in [0.2, 0.25) is 0 Å². The van der Waals surface area contributed by atoms with Gasteiger partial charge in [-0.15, -0.1) is 24.8 Å². The van der Waals surface area contributed by atoms with E-state index in [0.29, 0.717) is 23.3 Å². The maximum Gasteiger partial charge on any atom is 0.305 e. The summed E-state index contributed by atoms with van der Waals surface area (Å²) >= 11 is 0. The van der Waals surface area contributed by atoms with E-state index in [1.54, 1.807) is 18.2 Å². The van der Waals surface area contributed by atoms with E-state index in [0.717, 1.165) is 83.1 Å². The molecular weight excluding hydrogens is 613 g/mol. The maximum absolute atomic E-state index is 13.2. The predicted octanol–water partition coefficient (Wildman–Crippen LogP) is 2.13. The Labute approximate surface area is 271 Å². The number of hydrogen-bond acceptors (Lipinski definition) is 8. The van der Waals surface area contributed by atoms with E-state index in [1.807, 2.05) is 0 Å². The fourth-order valence-corrected chi connectivity index (χ4v) is 5.93. The monoisotopic (exact) mass is 659 g/mol. The predicted molar refractivity (Wildman–Crippen MR) is 169 cm³/mol. The molecule has 0 unspecified atom stereocenters. The van der Waals surface area contributed by atoms with Crippen molar-refractivity contribution in [2.75, 3.05) is 39.5 Å². The van der Waals surface area contributed by atoms with Crippen LogP contribution >= 0.6 is 24.8 Å². The van der Waals surface area contributed by atoms with E-state index < -0.39 is 30.2 Å². The minimum absolute atomic E-state index is 0. The molecule has 3 heterocycles. The summed E-state index contributed by atoms with van der Waals surface area (Å²) < 4.78 is 10.6. The molecule has 12 nitrogen and oxygen atoms in total. The van der Waals surface area contributed by atoms with Gasteiger partial charge in [-0.1, -0.05) is 6.07 Å². The van der Waals surface area contributed by atoms with E-state index in [-0.39, 0.29) is 56.5 Å². The summed E-state index contributed by atoms with van der Waals surface area (Å²) in [6.07, 6.45) is 7.44. The van der Waals surface area contributed by atoms with Gasteiger partial charge in [0.2, 0.25) is 24.5 Å². The normalized spacial score (nSPS) is 17.1. The van der Waals surface area contributed by atoms with E-state index in [9.17, 15) is 24.3 Å². The fraction of sp³-hybridized carbons (Fsp3) is 0.667. The molecular formula is C30H47Cl2N5O7. The lowest BCUT2D eigenvalue weighted by Crippen LogP contribution is -2.50. The van der Waals surface area contributed by atoms with Crippen molar-refractivity contribution in [3.8, 4) is 11.5 Å². The number of ether oxygens (including phenoxy) is 2. The number of halogens is 2. The Morgan fingerprint density at radius 3 is 2.02 bits per heavy atom. The maximum atomic E-state index is 13.2. The molecule has 2 fully saturated rings. The zero-order chi connectivity index (χ0) is 29.7. The fourth-order valence-electron chi connectivity index (χ4n) is 5.93. The van der Waals surface area contributed by atoms with Crippen LogP contribution in [-0.4, -0.2) is 74.4 Å². The van der Waals surface area contributed by atoms with Gasteiger partial charge < -0.3 is 41.2 Å². The minimum Gasteiger partial charge on any atom is -0.481 e. The van der Waals surface area contributed by atoms with Gasteiger partial charge in [-0.2, -0.15) is 0 Å². The molecule has 14 heteroatoms. The number of carboxylic acids is 1. The standard InChI is InChI=1S/C30H45N5O7.2ClH/c36-27(35-24(16-28(37)38)30(40)33-17-22-3-6-25-26(15-22)42-19-41-25)18-34-29(39)23(4-1-20-7-11-31-12-8-20)5-2-21-9-13-32-14-10-21;;/h3,6,15,20-21,23-24,31-32H,1-2,4-5,7-14,16-19H2,(H,33,40)(H,34,39)(H,35,36)(H,37,38);2*1H/t24-;;/m0../s1. The Hall–Kier alpha value is -2.80. The highest BCUT2D eigenvalue weighted by molar-refractivity contribution is 5.92. The number of carboxylic acid groups (broad SMARTS) is 1. The third-order valence-corrected chi connectivity index (χ3v) is 8.49. The van der Waals surface area contributed by atoms with Crippen LogP contribution in [0.5, 0.6) is 11.5 Å². The lowest BCUT2D eigenvalue weighted by Gasteiger charge is -2.27. The van der Waals surface area contributed by atoms with Crippen molar-refractivity contribution in [1.29, 1.82) is 0 Å². The molecule has 3 aliphatic rings. The molecule has 3 amide bonds. The summed E-state index contributed by atoms with van der Waals surface area (Å²) in [4.78, 5) is 50.2. The summed E-state index contributed by atoms with van der Waals surface area (Å²) in [6.45, 7) is 3.98. The zero-order valence-electron chi connectivity index (χ0n) is 25.1. The number of amides is 3. The van der Waals surface area contributed by atoms with Crippen molar-refractivity contribution in [2.45, 2.75) is 70.4 Å². The Bertz CT molecular complexity index is 1060. The Morgan fingerprint density at radius 2 is 1.43 bits per heavy atom. The minimum atomic E-state index is -1.28. The zero-order valence-corrected chi connectivity index (χ0v) is 26.7. The highest BCUT2D eigenvalue weighted by Crippen LogP contribution is 2.32. The highest BCUT2D eigenvalue weighted by Gasteiger charge is 2.26. The van der Waals surface area contributed by atoms with Crippen molar-refractivity contribution in [3.63, 3.8) is 0 Å². The smallest absolute Gasteiger partial charge is 0.305 e. The van der Waals surface area contributed by atoms with Gasteiger partial charge in [-0.05, 0) is 107 Å². The molecule has 0 spiro atoms. The number of aliphatic carboxylic acids is 1. The number of rotatable bonds is 15. The molecule has 0 bridgehead atoms. The molecule has 4 rings (SSSR count). The molecule has 248 valence electrons. The topological polar surface area (TPSA) is 167 Å². The molecule has 0 aliphatic carbocycles. The van der Waals surface area contributed by atoms with E-state index in [1.165, 1.54) is 0 Å². The number of carbonyl (C=O) groups excluding carboxylic acids is 3. The first-order chi connectivity index (χ1) is 20.4. The third kappa shape index (κ3) is 12.3. The average molecular weight is 661 g/mol. The summed E-state index contributed by atoms with van der Waals surface area (Å²) in [5.74, 6) is -0.398. The molecule has 44 heavy (non-hydrogen) atoms. The largest absolute Gasteiger partial charge is 0.481 e. The van der Waals surface area contributed by atoms with Crippen LogP contribution in [0.4, 0.5) is 0 Å².